The molecule has 0 bridgehead atoms. The van der Waals surface area contributed by atoms with Gasteiger partial charge < -0.3 is 5.32 Å². The Morgan fingerprint density at radius 3 is 2.39 bits per heavy atom. The van der Waals surface area contributed by atoms with Crippen LogP contribution in [0.3, 0.4) is 0 Å². The van der Waals surface area contributed by atoms with Crippen molar-refractivity contribution in [3.05, 3.63) is 46.0 Å². The van der Waals surface area contributed by atoms with Crippen molar-refractivity contribution < 1.29 is 31.1 Å². The van der Waals surface area contributed by atoms with Gasteiger partial charge in [-0.05, 0) is 12.5 Å². The molecule has 1 atom stereocenters. The summed E-state index contributed by atoms with van der Waals surface area (Å²) in [6.45, 7) is 1.51. The van der Waals surface area contributed by atoms with E-state index in [2.05, 4.69) is 15.4 Å². The van der Waals surface area contributed by atoms with Gasteiger partial charge in [0.15, 0.2) is 5.69 Å². The largest absolute Gasteiger partial charge is 0.435 e. The number of aryl methyl sites for hydroxylation is 1. The van der Waals surface area contributed by atoms with Crippen molar-refractivity contribution >= 4 is 17.5 Å². The molecule has 154 valence electrons. The van der Waals surface area contributed by atoms with Gasteiger partial charge in [-0.3, -0.25) is 14.5 Å². The first-order valence-corrected chi connectivity index (χ1v) is 8.34. The van der Waals surface area contributed by atoms with E-state index in [0.717, 1.165) is 16.9 Å². The number of amides is 1. The molecule has 0 spiro atoms. The fourth-order valence-corrected chi connectivity index (χ4v) is 2.83. The van der Waals surface area contributed by atoms with Crippen LogP contribution in [0.15, 0.2) is 18.5 Å². The van der Waals surface area contributed by atoms with Crippen LogP contribution in [0.25, 0.3) is 0 Å². The van der Waals surface area contributed by atoms with E-state index in [4.69, 9.17) is 11.6 Å². The summed E-state index contributed by atoms with van der Waals surface area (Å²) in [6.07, 6.45) is -7.54. The van der Waals surface area contributed by atoms with Crippen molar-refractivity contribution in [3.63, 3.8) is 0 Å². The molecule has 0 aliphatic heterocycles. The first kappa shape index (κ1) is 22.0. The number of pyridine rings is 1. The van der Waals surface area contributed by atoms with Crippen LogP contribution in [0, 0.1) is 0 Å². The maximum absolute atomic E-state index is 13.0. The minimum atomic E-state index is -4.81. The molecule has 12 heteroatoms. The Balaban J connectivity index is 2.18. The molecule has 2 heterocycles. The first-order chi connectivity index (χ1) is 12.8. The lowest BCUT2D eigenvalue weighted by atomic mass is 10.0. The molecule has 2 rings (SSSR count). The Hall–Kier alpha value is -2.30. The van der Waals surface area contributed by atoms with Gasteiger partial charge in [0.2, 0.25) is 0 Å². The highest BCUT2D eigenvalue weighted by Gasteiger charge is 2.39. The first-order valence-electron chi connectivity index (χ1n) is 7.96. The summed E-state index contributed by atoms with van der Waals surface area (Å²) >= 11 is 5.89. The molecule has 0 aliphatic carbocycles. The van der Waals surface area contributed by atoms with E-state index in [0.29, 0.717) is 12.6 Å². The van der Waals surface area contributed by atoms with Crippen molar-refractivity contribution in [3.8, 4) is 0 Å². The van der Waals surface area contributed by atoms with Crippen LogP contribution in [0.5, 0.6) is 0 Å². The second-order valence-electron chi connectivity index (χ2n) is 5.97. The maximum atomic E-state index is 13.0. The smallest absolute Gasteiger partial charge is 0.351 e. The number of carbonyl (C=O) groups is 1. The highest BCUT2D eigenvalue weighted by atomic mass is 35.5. The summed E-state index contributed by atoms with van der Waals surface area (Å²) in [5.41, 5.74) is -2.90. The van der Waals surface area contributed by atoms with Crippen LogP contribution < -0.4 is 5.32 Å². The number of alkyl halides is 6. The zero-order valence-electron chi connectivity index (χ0n) is 14.6. The van der Waals surface area contributed by atoms with Crippen molar-refractivity contribution in [2.24, 2.45) is 7.05 Å². The normalized spacial score (nSPS) is 13.5. The van der Waals surface area contributed by atoms with Crippen molar-refractivity contribution in [2.45, 2.75) is 31.6 Å². The summed E-state index contributed by atoms with van der Waals surface area (Å²) in [6, 6.07) is 0.719. The molecule has 0 radical (unpaired) electrons. The molecule has 2 aromatic heterocycles. The molecule has 5 nitrogen and oxygen atoms in total. The molecule has 0 aromatic carbocycles. The molecule has 1 amide bonds. The van der Waals surface area contributed by atoms with Gasteiger partial charge in [0, 0.05) is 31.9 Å². The van der Waals surface area contributed by atoms with Gasteiger partial charge in [0.1, 0.15) is 0 Å². The van der Waals surface area contributed by atoms with E-state index in [1.807, 2.05) is 0 Å². The molecular weight excluding hydrogens is 414 g/mol. The molecule has 2 aromatic rings. The molecule has 1 N–H and O–H groups in total. The molecule has 0 aliphatic rings. The quantitative estimate of drug-likeness (QED) is 0.717. The van der Waals surface area contributed by atoms with Crippen LogP contribution in [0.4, 0.5) is 26.3 Å². The summed E-state index contributed by atoms with van der Waals surface area (Å²) in [7, 11) is 1.24. The number of carbonyl (C=O) groups excluding carboxylic acids is 1. The van der Waals surface area contributed by atoms with Gasteiger partial charge >= 0.3 is 12.4 Å². The highest BCUT2D eigenvalue weighted by Crippen LogP contribution is 2.34. The van der Waals surface area contributed by atoms with E-state index in [9.17, 15) is 31.1 Å². The lowest BCUT2D eigenvalue weighted by molar-refractivity contribution is -0.141. The molecular formula is C16H15ClF6N4O. The van der Waals surface area contributed by atoms with Crippen molar-refractivity contribution in [1.29, 1.82) is 0 Å². The van der Waals surface area contributed by atoms with Gasteiger partial charge in [-0.2, -0.15) is 31.4 Å². The van der Waals surface area contributed by atoms with Gasteiger partial charge in [0.05, 0.1) is 21.8 Å². The summed E-state index contributed by atoms with van der Waals surface area (Å²) in [5, 5.41) is 5.34. The van der Waals surface area contributed by atoms with Gasteiger partial charge in [0.25, 0.3) is 5.91 Å². The Bertz CT molecular complexity index is 862. The average molecular weight is 429 g/mol. The van der Waals surface area contributed by atoms with Crippen molar-refractivity contribution in [1.82, 2.24) is 20.1 Å². The van der Waals surface area contributed by atoms with Gasteiger partial charge in [-0.1, -0.05) is 18.5 Å². The fourth-order valence-electron chi connectivity index (χ4n) is 2.51. The summed E-state index contributed by atoms with van der Waals surface area (Å²) in [5.74, 6) is -1.60. The van der Waals surface area contributed by atoms with Crippen LogP contribution in [0.1, 0.15) is 46.6 Å². The molecule has 0 saturated heterocycles. The Morgan fingerprint density at radius 2 is 1.89 bits per heavy atom. The zero-order chi connectivity index (χ0) is 21.3. The Labute approximate surface area is 160 Å². The Morgan fingerprint density at radius 1 is 1.25 bits per heavy atom. The third kappa shape index (κ3) is 4.94. The minimum absolute atomic E-state index is 0.111. The summed E-state index contributed by atoms with van der Waals surface area (Å²) < 4.78 is 77.9. The highest BCUT2D eigenvalue weighted by molar-refractivity contribution is 6.31. The number of nitrogens with zero attached hydrogens (tertiary/aromatic N) is 3. The second-order valence-corrected chi connectivity index (χ2v) is 6.37. The third-order valence-corrected chi connectivity index (χ3v) is 4.23. The number of hydrogen-bond acceptors (Lipinski definition) is 3. The number of halogens is 7. The van der Waals surface area contributed by atoms with E-state index in [1.165, 1.54) is 7.05 Å². The molecule has 0 saturated carbocycles. The lowest BCUT2D eigenvalue weighted by Crippen LogP contribution is -2.30. The van der Waals surface area contributed by atoms with E-state index in [-0.39, 0.29) is 17.3 Å². The second kappa shape index (κ2) is 7.98. The SMILES string of the molecule is CCC(CNC(=O)c1cn(C)nc1C(F)(F)F)c1ncc(C(F)(F)F)cc1Cl. The van der Waals surface area contributed by atoms with Crippen LogP contribution in [0.2, 0.25) is 5.02 Å². The number of hydrogen-bond donors (Lipinski definition) is 1. The Kier molecular flexibility index (Phi) is 6.27. The van der Waals surface area contributed by atoms with Crippen LogP contribution >= 0.6 is 11.6 Å². The lowest BCUT2D eigenvalue weighted by Gasteiger charge is -2.18. The van der Waals surface area contributed by atoms with E-state index in [1.54, 1.807) is 6.92 Å². The minimum Gasteiger partial charge on any atom is -0.351 e. The molecule has 1 unspecified atom stereocenters. The third-order valence-electron chi connectivity index (χ3n) is 3.93. The van der Waals surface area contributed by atoms with Crippen molar-refractivity contribution in [2.75, 3.05) is 6.54 Å². The number of rotatable bonds is 5. The monoisotopic (exact) mass is 428 g/mol. The van der Waals surface area contributed by atoms with E-state index < -0.39 is 41.0 Å². The topological polar surface area (TPSA) is 59.8 Å². The zero-order valence-corrected chi connectivity index (χ0v) is 15.4. The standard InChI is InChI=1S/C16H15ClF6N4O/c1-3-8(12-11(17)4-9(6-24-12)15(18,19)20)5-25-14(28)10-7-27(2)26-13(10)16(21,22)23/h4,6-8H,3,5H2,1-2H3,(H,25,28). The van der Waals surface area contributed by atoms with E-state index >= 15 is 0 Å². The van der Waals surface area contributed by atoms with Gasteiger partial charge in [-0.15, -0.1) is 0 Å². The average Bonchev–Trinajstić information content (AvgIpc) is 2.97. The van der Waals surface area contributed by atoms with Gasteiger partial charge in [-0.25, -0.2) is 0 Å². The summed E-state index contributed by atoms with van der Waals surface area (Å²) in [4.78, 5) is 15.9. The predicted molar refractivity (Wildman–Crippen MR) is 87.8 cm³/mol. The number of aromatic nitrogens is 3. The van der Waals surface area contributed by atoms with Crippen LogP contribution in [-0.2, 0) is 19.4 Å². The fraction of sp³-hybridized carbons (Fsp3) is 0.438. The number of nitrogens with one attached hydrogen (secondary N) is 1. The predicted octanol–water partition coefficient (Wildman–Crippen LogP) is 4.43. The molecule has 0 fully saturated rings. The van der Waals surface area contributed by atoms with Crippen LogP contribution in [-0.4, -0.2) is 27.2 Å². The maximum Gasteiger partial charge on any atom is 0.435 e. The molecule has 28 heavy (non-hydrogen) atoms.